The minimum Gasteiger partial charge on any atom is -0.373 e. The summed E-state index contributed by atoms with van der Waals surface area (Å²) in [6.45, 7) is 8.08. The van der Waals surface area contributed by atoms with Crippen LogP contribution in [-0.4, -0.2) is 55.3 Å². The molecule has 2 atom stereocenters. The lowest BCUT2D eigenvalue weighted by Crippen LogP contribution is -2.44. The largest absolute Gasteiger partial charge is 0.373 e. The highest BCUT2D eigenvalue weighted by Gasteiger charge is 2.23. The molecule has 1 aromatic carbocycles. The minimum absolute atomic E-state index is 0.0357. The maximum Gasteiger partial charge on any atom is 0.257 e. The fourth-order valence-corrected chi connectivity index (χ4v) is 4.55. The molecule has 10 heteroatoms. The lowest BCUT2D eigenvalue weighted by molar-refractivity contribution is -0.0707. The predicted octanol–water partition coefficient (Wildman–Crippen LogP) is 2.77. The number of nitrogens with zero attached hydrogens (tertiary/aromatic N) is 2. The van der Waals surface area contributed by atoms with Gasteiger partial charge in [-0.3, -0.25) is 19.7 Å². The molecule has 0 bridgehead atoms. The first-order valence-corrected chi connectivity index (χ1v) is 12.0. The monoisotopic (exact) mass is 438 g/mol. The Balaban J connectivity index is 1.62. The molecule has 2 N–H and O–H groups in total. The van der Waals surface area contributed by atoms with Gasteiger partial charge in [0.15, 0.2) is 5.13 Å². The first-order valence-electron chi connectivity index (χ1n) is 9.48. The van der Waals surface area contributed by atoms with Gasteiger partial charge in [-0.15, -0.1) is 11.3 Å². The number of nitrogens with one attached hydrogen (secondary N) is 2. The Kier molecular flexibility index (Phi) is 6.89. The summed E-state index contributed by atoms with van der Waals surface area (Å²) in [5, 5.41) is 5.24. The van der Waals surface area contributed by atoms with E-state index in [2.05, 4.69) is 33.8 Å². The average molecular weight is 439 g/mol. The van der Waals surface area contributed by atoms with Gasteiger partial charge in [0.2, 0.25) is 10.0 Å². The van der Waals surface area contributed by atoms with Gasteiger partial charge in [0.05, 0.1) is 23.7 Å². The number of amides is 1. The van der Waals surface area contributed by atoms with Crippen LogP contribution >= 0.6 is 11.3 Å². The molecule has 0 saturated carbocycles. The lowest BCUT2D eigenvalue weighted by atomic mass is 10.2. The fourth-order valence-electron chi connectivity index (χ4n) is 3.22. The van der Waals surface area contributed by atoms with Crippen molar-refractivity contribution < 1.29 is 17.9 Å². The Morgan fingerprint density at radius 2 is 2.03 bits per heavy atom. The molecule has 29 heavy (non-hydrogen) atoms. The van der Waals surface area contributed by atoms with Gasteiger partial charge in [-0.25, -0.2) is 13.4 Å². The van der Waals surface area contributed by atoms with Crippen LogP contribution in [0.15, 0.2) is 29.6 Å². The van der Waals surface area contributed by atoms with Crippen LogP contribution in [-0.2, 0) is 21.3 Å². The van der Waals surface area contributed by atoms with E-state index < -0.39 is 10.0 Å². The fraction of sp³-hybridized carbons (Fsp3) is 0.474. The van der Waals surface area contributed by atoms with Gasteiger partial charge in [0, 0.05) is 36.3 Å². The average Bonchev–Trinajstić information content (AvgIpc) is 3.07. The van der Waals surface area contributed by atoms with Gasteiger partial charge in [0.1, 0.15) is 0 Å². The van der Waals surface area contributed by atoms with E-state index in [9.17, 15) is 13.2 Å². The molecule has 1 aliphatic heterocycles. The Morgan fingerprint density at radius 3 is 2.72 bits per heavy atom. The van der Waals surface area contributed by atoms with E-state index >= 15 is 0 Å². The van der Waals surface area contributed by atoms with Crippen LogP contribution in [0.25, 0.3) is 0 Å². The van der Waals surface area contributed by atoms with Crippen molar-refractivity contribution >= 4 is 38.1 Å². The van der Waals surface area contributed by atoms with Crippen LogP contribution in [0, 0.1) is 0 Å². The van der Waals surface area contributed by atoms with Crippen molar-refractivity contribution in [3.8, 4) is 0 Å². The highest BCUT2D eigenvalue weighted by atomic mass is 32.2. The van der Waals surface area contributed by atoms with E-state index in [0.29, 0.717) is 22.9 Å². The molecule has 2 aromatic rings. The molecule has 1 amide bonds. The first kappa shape index (κ1) is 21.7. The summed E-state index contributed by atoms with van der Waals surface area (Å²) in [6, 6.07) is 6.38. The van der Waals surface area contributed by atoms with Crippen LogP contribution in [0.2, 0.25) is 0 Å². The van der Waals surface area contributed by atoms with E-state index in [-0.39, 0.29) is 23.9 Å². The Labute approximate surface area is 175 Å². The number of benzene rings is 1. The second-order valence-electron chi connectivity index (χ2n) is 7.14. The van der Waals surface area contributed by atoms with Crippen molar-refractivity contribution in [1.82, 2.24) is 9.88 Å². The molecule has 8 nitrogen and oxygen atoms in total. The number of aromatic nitrogens is 1. The van der Waals surface area contributed by atoms with E-state index in [1.54, 1.807) is 25.1 Å². The second-order valence-corrected chi connectivity index (χ2v) is 10.0. The van der Waals surface area contributed by atoms with Gasteiger partial charge in [-0.05, 0) is 39.0 Å². The van der Waals surface area contributed by atoms with Gasteiger partial charge >= 0.3 is 0 Å². The van der Waals surface area contributed by atoms with E-state index in [1.165, 1.54) is 17.4 Å². The molecule has 0 spiro atoms. The second kappa shape index (κ2) is 9.21. The van der Waals surface area contributed by atoms with Crippen LogP contribution in [0.4, 0.5) is 10.8 Å². The van der Waals surface area contributed by atoms with Crippen molar-refractivity contribution in [1.29, 1.82) is 0 Å². The number of hydrogen-bond donors (Lipinski definition) is 2. The summed E-state index contributed by atoms with van der Waals surface area (Å²) < 4.78 is 31.6. The van der Waals surface area contributed by atoms with Crippen molar-refractivity contribution in [3.63, 3.8) is 0 Å². The van der Waals surface area contributed by atoms with E-state index in [4.69, 9.17) is 4.74 Å². The van der Waals surface area contributed by atoms with Crippen molar-refractivity contribution in [2.75, 3.05) is 28.9 Å². The van der Waals surface area contributed by atoms with Gasteiger partial charge in [-0.1, -0.05) is 6.07 Å². The molecular weight excluding hydrogens is 412 g/mol. The first-order chi connectivity index (χ1) is 13.7. The Hall–Kier alpha value is -2.01. The summed E-state index contributed by atoms with van der Waals surface area (Å²) >= 11 is 1.37. The number of thiazole rings is 1. The lowest BCUT2D eigenvalue weighted by Gasteiger charge is -2.34. The number of sulfonamides is 1. The molecule has 3 rings (SSSR count). The zero-order chi connectivity index (χ0) is 21.0. The number of anilines is 2. The van der Waals surface area contributed by atoms with E-state index in [0.717, 1.165) is 18.8 Å². The summed E-state index contributed by atoms with van der Waals surface area (Å²) in [5.41, 5.74) is 1.61. The zero-order valence-electron chi connectivity index (χ0n) is 16.7. The molecule has 1 aliphatic rings. The number of morpholine rings is 1. The third-order valence-electron chi connectivity index (χ3n) is 4.43. The standard InChI is InChI=1S/C19H26N4O4S2/c1-4-29(25,26)22-16-7-5-6-15(8-16)18(24)21-19-20-17(12-28-19)11-23-9-13(2)27-14(3)10-23/h5-8,12-14,22H,4,9-11H2,1-3H3,(H,20,21,24). The molecule has 2 heterocycles. The van der Waals surface area contributed by atoms with Crippen LogP contribution in [0.5, 0.6) is 0 Å². The number of rotatable bonds is 7. The minimum atomic E-state index is -3.40. The molecule has 2 unspecified atom stereocenters. The Bertz CT molecular complexity index is 951. The normalized spacial score (nSPS) is 20.4. The summed E-state index contributed by atoms with van der Waals surface area (Å²) in [6.07, 6.45) is 0.378. The smallest absolute Gasteiger partial charge is 0.257 e. The van der Waals surface area contributed by atoms with Crippen LogP contribution in [0.1, 0.15) is 36.8 Å². The number of ether oxygens (including phenoxy) is 1. The number of hydrogen-bond acceptors (Lipinski definition) is 7. The molecule has 158 valence electrons. The highest BCUT2D eigenvalue weighted by molar-refractivity contribution is 7.92. The number of carbonyl (C=O) groups excluding carboxylic acids is 1. The SMILES string of the molecule is CCS(=O)(=O)Nc1cccc(C(=O)Nc2nc(CN3CC(C)OC(C)C3)cs2)c1. The van der Waals surface area contributed by atoms with Gasteiger partial charge in [-0.2, -0.15) is 0 Å². The highest BCUT2D eigenvalue weighted by Crippen LogP contribution is 2.21. The van der Waals surface area contributed by atoms with E-state index in [1.807, 2.05) is 5.38 Å². The molecule has 0 aliphatic carbocycles. The van der Waals surface area contributed by atoms with Crippen LogP contribution in [0.3, 0.4) is 0 Å². The topological polar surface area (TPSA) is 101 Å². The van der Waals surface area contributed by atoms with Crippen LogP contribution < -0.4 is 10.0 Å². The zero-order valence-corrected chi connectivity index (χ0v) is 18.3. The molecular formula is C19H26N4O4S2. The molecule has 1 saturated heterocycles. The Morgan fingerprint density at radius 1 is 1.31 bits per heavy atom. The quantitative estimate of drug-likeness (QED) is 0.689. The third-order valence-corrected chi connectivity index (χ3v) is 6.54. The maximum absolute atomic E-state index is 12.5. The summed E-state index contributed by atoms with van der Waals surface area (Å²) in [4.78, 5) is 19.3. The van der Waals surface area contributed by atoms with Gasteiger partial charge < -0.3 is 4.74 Å². The predicted molar refractivity (Wildman–Crippen MR) is 115 cm³/mol. The molecule has 1 fully saturated rings. The van der Waals surface area contributed by atoms with Crippen molar-refractivity contribution in [2.45, 2.75) is 39.5 Å². The summed E-state index contributed by atoms with van der Waals surface area (Å²) in [5.74, 6) is -0.372. The number of carbonyl (C=O) groups is 1. The maximum atomic E-state index is 12.5. The summed E-state index contributed by atoms with van der Waals surface area (Å²) in [7, 11) is -3.40. The molecule has 1 aromatic heterocycles. The third kappa shape index (κ3) is 6.23. The van der Waals surface area contributed by atoms with Crippen molar-refractivity contribution in [3.05, 3.63) is 40.9 Å². The van der Waals surface area contributed by atoms with Gasteiger partial charge in [0.25, 0.3) is 5.91 Å². The molecule has 0 radical (unpaired) electrons. The van der Waals surface area contributed by atoms with Crippen molar-refractivity contribution in [2.24, 2.45) is 0 Å².